The summed E-state index contributed by atoms with van der Waals surface area (Å²) in [5.41, 5.74) is 14.4. The average Bonchev–Trinajstić information content (AvgIpc) is 2.85. The van der Waals surface area contributed by atoms with Crippen LogP contribution in [-0.2, 0) is 26.8 Å². The number of fused-ring (bicyclic) bond motifs is 2. The number of hydrogen-bond donors (Lipinski definition) is 4. The molecule has 0 spiro atoms. The fourth-order valence-corrected chi connectivity index (χ4v) is 5.97. The smallest absolute Gasteiger partial charge is 0.344 e. The van der Waals surface area contributed by atoms with Crippen molar-refractivity contribution in [3.8, 4) is 17.2 Å². The van der Waals surface area contributed by atoms with Gasteiger partial charge in [-0.3, -0.25) is 9.44 Å². The Balaban J connectivity index is 1.11. The third-order valence-electron chi connectivity index (χ3n) is 6.00. The predicted octanol–water partition coefficient (Wildman–Crippen LogP) is 3.02. The van der Waals surface area contributed by atoms with Gasteiger partial charge < -0.3 is 20.9 Å². The third kappa shape index (κ3) is 6.07. The zero-order chi connectivity index (χ0) is 27.6. The van der Waals surface area contributed by atoms with Gasteiger partial charge in [-0.15, -0.1) is 8.80 Å². The molecular weight excluding hydrogens is 544 g/mol. The Labute approximate surface area is 226 Å². The lowest BCUT2D eigenvalue weighted by Crippen LogP contribution is -2.27. The van der Waals surface area contributed by atoms with E-state index in [1.165, 1.54) is 0 Å². The van der Waals surface area contributed by atoms with E-state index < -0.39 is 20.4 Å². The van der Waals surface area contributed by atoms with Gasteiger partial charge >= 0.3 is 20.4 Å². The predicted molar refractivity (Wildman–Crippen MR) is 149 cm³/mol. The number of rotatable bonds is 9. The molecule has 0 saturated carbocycles. The van der Waals surface area contributed by atoms with E-state index in [0.29, 0.717) is 46.4 Å². The van der Waals surface area contributed by atoms with Crippen molar-refractivity contribution in [2.45, 2.75) is 25.7 Å². The Kier molecular flexibility index (Phi) is 7.06. The topological polar surface area (TPSA) is 188 Å². The Morgan fingerprint density at radius 1 is 0.692 bits per heavy atom. The average molecular weight is 571 g/mol. The number of hydrogen-bond acceptors (Lipinski definition) is 8. The quantitative estimate of drug-likeness (QED) is 0.282. The van der Waals surface area contributed by atoms with Crippen molar-refractivity contribution in [2.75, 3.05) is 16.1 Å². The molecule has 0 amide bonds. The molecule has 2 heterocycles. The summed E-state index contributed by atoms with van der Waals surface area (Å²) in [5.74, 6) is 1.23. The number of anilines is 2. The normalized spacial score (nSPS) is 16.4. The minimum absolute atomic E-state index is 0.0971. The van der Waals surface area contributed by atoms with Gasteiger partial charge in [-0.25, -0.2) is 0 Å². The highest BCUT2D eigenvalue weighted by atomic mass is 32.2. The summed E-state index contributed by atoms with van der Waals surface area (Å²) in [7, 11) is -7.69. The molecule has 0 saturated heterocycles. The summed E-state index contributed by atoms with van der Waals surface area (Å²) in [6.07, 6.45) is 3.54. The number of benzene rings is 3. The highest BCUT2D eigenvalue weighted by Crippen LogP contribution is 2.34. The maximum atomic E-state index is 11.8. The van der Waals surface area contributed by atoms with Gasteiger partial charge in [-0.2, -0.15) is 16.8 Å². The van der Waals surface area contributed by atoms with Crippen LogP contribution in [0.2, 0.25) is 0 Å². The molecule has 204 valence electrons. The maximum absolute atomic E-state index is 11.8. The number of nitrogens with two attached hydrogens (primary N) is 2. The molecule has 12 nitrogen and oxygen atoms in total. The van der Waals surface area contributed by atoms with E-state index in [2.05, 4.69) is 18.2 Å². The van der Waals surface area contributed by atoms with Crippen molar-refractivity contribution in [2.24, 2.45) is 20.3 Å². The fraction of sp³-hybridized carbons (Fsp3) is 0.200. The van der Waals surface area contributed by atoms with E-state index in [9.17, 15) is 16.8 Å². The van der Waals surface area contributed by atoms with Crippen molar-refractivity contribution in [1.29, 1.82) is 0 Å². The number of nitrogens with zero attached hydrogens (tertiary/aromatic N) is 2. The number of unbranched alkanes of at least 4 members (excludes halogenated alkanes) is 2. The summed E-state index contributed by atoms with van der Waals surface area (Å²) in [5, 5.41) is 0. The summed E-state index contributed by atoms with van der Waals surface area (Å²) in [4.78, 5) is 0. The second kappa shape index (κ2) is 10.5. The Morgan fingerprint density at radius 2 is 1.26 bits per heavy atom. The van der Waals surface area contributed by atoms with Crippen molar-refractivity contribution in [3.05, 3.63) is 77.4 Å². The van der Waals surface area contributed by atoms with Gasteiger partial charge in [-0.05, 0) is 67.6 Å². The van der Waals surface area contributed by atoms with Gasteiger partial charge in [0.15, 0.2) is 11.7 Å². The van der Waals surface area contributed by atoms with Crippen LogP contribution in [0.4, 0.5) is 11.4 Å². The molecule has 0 radical (unpaired) electrons. The van der Waals surface area contributed by atoms with Crippen LogP contribution in [0.25, 0.3) is 0 Å². The third-order valence-corrected chi connectivity index (χ3v) is 7.83. The molecule has 2 aliphatic rings. The molecule has 0 aromatic heterocycles. The number of aryl methyl sites for hydroxylation is 1. The van der Waals surface area contributed by atoms with Gasteiger partial charge in [0.2, 0.25) is 0 Å². The van der Waals surface area contributed by atoms with Crippen LogP contribution in [0.5, 0.6) is 17.2 Å². The van der Waals surface area contributed by atoms with Gasteiger partial charge in [0.25, 0.3) is 0 Å². The van der Waals surface area contributed by atoms with E-state index in [1.54, 1.807) is 36.4 Å². The lowest BCUT2D eigenvalue weighted by atomic mass is 10.1. The van der Waals surface area contributed by atoms with E-state index in [4.69, 9.17) is 20.9 Å². The Hall–Kier alpha value is -4.30. The van der Waals surface area contributed by atoms with E-state index in [-0.39, 0.29) is 11.7 Å². The second-order valence-electron chi connectivity index (χ2n) is 8.87. The Morgan fingerprint density at radius 3 is 1.87 bits per heavy atom. The molecule has 6 N–H and O–H groups in total. The molecule has 0 unspecified atom stereocenters. The molecule has 2 aliphatic heterocycles. The molecule has 0 bridgehead atoms. The summed E-state index contributed by atoms with van der Waals surface area (Å²) in [6, 6.07) is 17.6. The van der Waals surface area contributed by atoms with Crippen LogP contribution in [0.15, 0.2) is 69.5 Å². The fourth-order valence-electron chi connectivity index (χ4n) is 4.28. The first-order valence-electron chi connectivity index (χ1n) is 12.0. The van der Waals surface area contributed by atoms with Crippen molar-refractivity contribution in [3.63, 3.8) is 0 Å². The number of ether oxygens (including phenoxy) is 2. The minimum atomic E-state index is -3.86. The van der Waals surface area contributed by atoms with Gasteiger partial charge in [0.05, 0.1) is 29.1 Å². The molecule has 14 heteroatoms. The largest absolute Gasteiger partial charge is 0.493 e. The highest BCUT2D eigenvalue weighted by molar-refractivity contribution is 7.92. The van der Waals surface area contributed by atoms with Crippen LogP contribution in [0.3, 0.4) is 0 Å². The number of nitrogens with one attached hydrogen (secondary N) is 2. The molecule has 3 aromatic rings. The first-order valence-corrected chi connectivity index (χ1v) is 14.9. The molecule has 0 aliphatic carbocycles. The highest BCUT2D eigenvalue weighted by Gasteiger charge is 2.25. The molecular formula is C25H26N6O6S2. The monoisotopic (exact) mass is 570 g/mol. The van der Waals surface area contributed by atoms with E-state index in [1.807, 2.05) is 24.3 Å². The van der Waals surface area contributed by atoms with Crippen molar-refractivity contribution in [1.82, 2.24) is 0 Å². The first-order chi connectivity index (χ1) is 18.6. The lowest BCUT2D eigenvalue weighted by Gasteiger charge is -2.19. The molecule has 39 heavy (non-hydrogen) atoms. The van der Waals surface area contributed by atoms with Crippen LogP contribution in [0, 0.1) is 0 Å². The zero-order valence-electron chi connectivity index (χ0n) is 20.6. The summed E-state index contributed by atoms with van der Waals surface area (Å²) < 4.78 is 70.5. The zero-order valence-corrected chi connectivity index (χ0v) is 22.3. The standard InChI is InChI=1S/C25H26N6O6S2/c26-24-22-18(28-38(32,33)30-24)7-4-9-20(22)36-15-3-1-2-6-16-11-13-17(14-12-16)37-21-10-5-8-19-23(21)25(27)31-39(34,35)29-19/h4-5,7-14,28-29H,1-3,6,15H2,(H2,26,30)(H2,27,31). The van der Waals surface area contributed by atoms with E-state index in [0.717, 1.165) is 31.2 Å². The molecule has 5 rings (SSSR count). The lowest BCUT2D eigenvalue weighted by molar-refractivity contribution is 0.305. The first kappa shape index (κ1) is 26.3. The Bertz CT molecular complexity index is 1690. The summed E-state index contributed by atoms with van der Waals surface area (Å²) in [6.45, 7) is 0.452. The SMILES string of the molecule is NC1=NS(=O)(=O)Nc2cccc(OCCCCCc3ccc(Oc4cccc5c4C(N)=NS(=O)(=O)N5)cc3)c21. The number of amidine groups is 2. The van der Waals surface area contributed by atoms with E-state index >= 15 is 0 Å². The van der Waals surface area contributed by atoms with Crippen LogP contribution in [0.1, 0.15) is 36.0 Å². The van der Waals surface area contributed by atoms with Crippen molar-refractivity contribution < 1.29 is 26.3 Å². The van der Waals surface area contributed by atoms with Crippen LogP contribution < -0.4 is 30.4 Å². The van der Waals surface area contributed by atoms with Gasteiger partial charge in [-0.1, -0.05) is 24.3 Å². The van der Waals surface area contributed by atoms with Gasteiger partial charge in [0.1, 0.15) is 17.2 Å². The molecule has 0 atom stereocenters. The maximum Gasteiger partial charge on any atom is 0.344 e. The minimum Gasteiger partial charge on any atom is -0.493 e. The molecule has 0 fully saturated rings. The molecule has 3 aromatic carbocycles. The van der Waals surface area contributed by atoms with Gasteiger partial charge in [0, 0.05) is 0 Å². The van der Waals surface area contributed by atoms with Crippen LogP contribution >= 0.6 is 0 Å². The van der Waals surface area contributed by atoms with Crippen LogP contribution in [-0.4, -0.2) is 35.1 Å². The summed E-state index contributed by atoms with van der Waals surface area (Å²) >= 11 is 0. The second-order valence-corrected chi connectivity index (χ2v) is 11.5. The van der Waals surface area contributed by atoms with Crippen molar-refractivity contribution >= 4 is 43.5 Å².